The Balaban J connectivity index is 1.23. The average Bonchev–Trinajstić information content (AvgIpc) is 3.38. The van der Waals surface area contributed by atoms with Gasteiger partial charge in [-0.3, -0.25) is 4.79 Å². The lowest BCUT2D eigenvalue weighted by molar-refractivity contribution is -0.117. The molecule has 214 valence electrons. The predicted molar refractivity (Wildman–Crippen MR) is 168 cm³/mol. The number of hydrogen-bond donors (Lipinski definition) is 4. The van der Waals surface area contributed by atoms with Gasteiger partial charge in [0.05, 0.1) is 21.7 Å². The van der Waals surface area contributed by atoms with Crippen LogP contribution in [0.5, 0.6) is 0 Å². The molecule has 43 heavy (non-hydrogen) atoms. The second-order valence-corrected chi connectivity index (χ2v) is 10.5. The second kappa shape index (κ2) is 12.0. The van der Waals surface area contributed by atoms with Crippen molar-refractivity contribution in [2.24, 2.45) is 0 Å². The average molecular weight is 612 g/mol. The molecule has 1 unspecified atom stereocenters. The maximum absolute atomic E-state index is 13.3. The van der Waals surface area contributed by atoms with Crippen LogP contribution in [-0.2, 0) is 4.79 Å². The maximum Gasteiger partial charge on any atom is 0.404 e. The molecule has 0 aliphatic heterocycles. The molecule has 0 aliphatic carbocycles. The van der Waals surface area contributed by atoms with Gasteiger partial charge in [0.2, 0.25) is 5.91 Å². The fourth-order valence-corrected chi connectivity index (χ4v) is 5.16. The lowest BCUT2D eigenvalue weighted by atomic mass is 9.98. The van der Waals surface area contributed by atoms with Crippen LogP contribution in [0.15, 0.2) is 102 Å². The summed E-state index contributed by atoms with van der Waals surface area (Å²) in [4.78, 5) is 33.3. The molecule has 1 atom stereocenters. The summed E-state index contributed by atoms with van der Waals surface area (Å²) < 4.78 is 6.17. The Morgan fingerprint density at radius 2 is 1.63 bits per heavy atom. The van der Waals surface area contributed by atoms with Crippen molar-refractivity contribution in [2.75, 3.05) is 17.2 Å². The largest absolute Gasteiger partial charge is 0.465 e. The van der Waals surface area contributed by atoms with Crippen LogP contribution in [0.4, 0.5) is 22.0 Å². The summed E-state index contributed by atoms with van der Waals surface area (Å²) in [5.74, 6) is -0.735. The van der Waals surface area contributed by atoms with Crippen molar-refractivity contribution in [1.82, 2.24) is 15.3 Å². The molecule has 6 aromatic rings. The molecule has 9 nitrogen and oxygen atoms in total. The number of hydrogen-bond acceptors (Lipinski definition) is 6. The van der Waals surface area contributed by atoms with Gasteiger partial charge >= 0.3 is 6.09 Å². The molecule has 0 saturated carbocycles. The topological polar surface area (TPSA) is 129 Å². The van der Waals surface area contributed by atoms with Gasteiger partial charge in [-0.15, -0.1) is 0 Å². The van der Waals surface area contributed by atoms with Crippen molar-refractivity contribution in [3.8, 4) is 11.3 Å². The Hall–Kier alpha value is -5.12. The van der Waals surface area contributed by atoms with Crippen LogP contribution >= 0.6 is 23.2 Å². The molecule has 2 heterocycles. The van der Waals surface area contributed by atoms with E-state index in [-0.39, 0.29) is 11.6 Å². The molecule has 2 amide bonds. The summed E-state index contributed by atoms with van der Waals surface area (Å²) in [5.41, 5.74) is 4.74. The van der Waals surface area contributed by atoms with E-state index >= 15 is 0 Å². The highest BCUT2D eigenvalue weighted by Gasteiger charge is 2.23. The number of furan rings is 1. The van der Waals surface area contributed by atoms with Gasteiger partial charge in [0, 0.05) is 40.3 Å². The molecule has 0 fully saturated rings. The first-order chi connectivity index (χ1) is 20.9. The van der Waals surface area contributed by atoms with Gasteiger partial charge in [-0.1, -0.05) is 65.7 Å². The van der Waals surface area contributed by atoms with Crippen molar-refractivity contribution >= 4 is 74.3 Å². The van der Waals surface area contributed by atoms with E-state index in [1.165, 1.54) is 6.33 Å². The normalized spacial score (nSPS) is 11.8. The second-order valence-electron chi connectivity index (χ2n) is 9.68. The first-order valence-electron chi connectivity index (χ1n) is 13.2. The molecule has 2 aromatic heterocycles. The molecular formula is C32H23Cl2N5O4. The third-order valence-corrected chi connectivity index (χ3v) is 7.61. The zero-order valence-electron chi connectivity index (χ0n) is 22.3. The number of rotatable bonds is 8. The number of carbonyl (C=O) groups excluding carboxylic acids is 1. The smallest absolute Gasteiger partial charge is 0.404 e. The monoisotopic (exact) mass is 611 g/mol. The molecule has 0 spiro atoms. The van der Waals surface area contributed by atoms with Crippen LogP contribution in [0, 0.1) is 0 Å². The highest BCUT2D eigenvalue weighted by molar-refractivity contribution is 6.42. The van der Waals surface area contributed by atoms with Gasteiger partial charge in [0.1, 0.15) is 23.3 Å². The summed E-state index contributed by atoms with van der Waals surface area (Å²) in [6, 6.07) is 27.5. The minimum absolute atomic E-state index is 0.154. The fourth-order valence-electron chi connectivity index (χ4n) is 4.85. The van der Waals surface area contributed by atoms with Gasteiger partial charge in [-0.2, -0.15) is 0 Å². The minimum Gasteiger partial charge on any atom is -0.465 e. The summed E-state index contributed by atoms with van der Waals surface area (Å²) in [6.45, 7) is -0.154. The van der Waals surface area contributed by atoms with Crippen LogP contribution in [0.3, 0.4) is 0 Å². The quantitative estimate of drug-likeness (QED) is 0.137. The molecule has 0 bridgehead atoms. The van der Waals surface area contributed by atoms with E-state index in [0.29, 0.717) is 33.5 Å². The number of nitrogens with one attached hydrogen (secondary N) is 3. The highest BCUT2D eigenvalue weighted by atomic mass is 35.5. The fraction of sp³-hybridized carbons (Fsp3) is 0.0625. The number of carboxylic acid groups (broad SMARTS) is 1. The van der Waals surface area contributed by atoms with E-state index in [0.717, 1.165) is 27.5 Å². The number of anilines is 3. The summed E-state index contributed by atoms with van der Waals surface area (Å²) in [7, 11) is 0. The van der Waals surface area contributed by atoms with Crippen molar-refractivity contribution in [3.05, 3.63) is 113 Å². The maximum atomic E-state index is 13.3. The third kappa shape index (κ3) is 6.08. The number of aromatic nitrogens is 2. The van der Waals surface area contributed by atoms with Crippen molar-refractivity contribution in [1.29, 1.82) is 0 Å². The van der Waals surface area contributed by atoms with Crippen molar-refractivity contribution in [2.45, 2.75) is 5.92 Å². The molecule has 4 aromatic carbocycles. The summed E-state index contributed by atoms with van der Waals surface area (Å²) in [6.07, 6.45) is 0.229. The summed E-state index contributed by atoms with van der Waals surface area (Å²) >= 11 is 12.2. The van der Waals surface area contributed by atoms with Gasteiger partial charge in [0.25, 0.3) is 0 Å². The lowest BCUT2D eigenvalue weighted by Crippen LogP contribution is -2.33. The zero-order chi connectivity index (χ0) is 29.9. The van der Waals surface area contributed by atoms with E-state index in [1.807, 2.05) is 54.6 Å². The van der Waals surface area contributed by atoms with E-state index in [1.54, 1.807) is 36.4 Å². The van der Waals surface area contributed by atoms with Crippen LogP contribution in [0.25, 0.3) is 33.2 Å². The number of amides is 2. The van der Waals surface area contributed by atoms with E-state index in [2.05, 4.69) is 25.9 Å². The SMILES string of the molecule is O=C(O)NCC(C(=O)Nc1cccc(Nc2cc(-c3cccc4c3oc3ccccc34)ncn2)c1)c1ccc(Cl)c(Cl)c1. The molecule has 0 radical (unpaired) electrons. The molecule has 0 aliphatic rings. The predicted octanol–water partition coefficient (Wildman–Crippen LogP) is 8.08. The number of fused-ring (bicyclic) bond motifs is 3. The Morgan fingerprint density at radius 3 is 2.47 bits per heavy atom. The van der Waals surface area contributed by atoms with E-state index in [9.17, 15) is 9.59 Å². The minimum atomic E-state index is -1.25. The van der Waals surface area contributed by atoms with Gasteiger partial charge < -0.3 is 25.5 Å². The van der Waals surface area contributed by atoms with Crippen LogP contribution in [0.1, 0.15) is 11.5 Å². The summed E-state index contributed by atoms with van der Waals surface area (Å²) in [5, 5.41) is 20.1. The van der Waals surface area contributed by atoms with Gasteiger partial charge in [-0.05, 0) is 48.0 Å². The Kier molecular flexibility index (Phi) is 7.83. The standard InChI is InChI=1S/C32H23Cl2N5O4/c33-25-12-11-18(13-26(25)34)24(16-35-32(41)42)31(40)39-20-6-3-5-19(14-20)38-29-15-27(36-17-37-29)23-9-4-8-22-21-7-1-2-10-28(21)43-30(22)23/h1-15,17,24,35H,16H2,(H,39,40)(H,41,42)(H,36,37,38). The highest BCUT2D eigenvalue weighted by Crippen LogP contribution is 2.35. The molecule has 4 N–H and O–H groups in total. The van der Waals surface area contributed by atoms with Crippen molar-refractivity contribution < 1.29 is 19.1 Å². The first-order valence-corrected chi connectivity index (χ1v) is 13.9. The number of benzene rings is 4. The molecule has 0 saturated heterocycles. The van der Waals surface area contributed by atoms with Crippen LogP contribution < -0.4 is 16.0 Å². The Labute approximate surface area is 255 Å². The molecule has 6 rings (SSSR count). The van der Waals surface area contributed by atoms with Gasteiger partial charge in [0.15, 0.2) is 0 Å². The van der Waals surface area contributed by atoms with Crippen molar-refractivity contribution in [3.63, 3.8) is 0 Å². The number of para-hydroxylation sites is 2. The number of carbonyl (C=O) groups is 2. The molecular weight excluding hydrogens is 589 g/mol. The lowest BCUT2D eigenvalue weighted by Gasteiger charge is -2.18. The van der Waals surface area contributed by atoms with Crippen LogP contribution in [-0.4, -0.2) is 33.6 Å². The van der Waals surface area contributed by atoms with Crippen LogP contribution in [0.2, 0.25) is 10.0 Å². The zero-order valence-corrected chi connectivity index (χ0v) is 23.9. The van der Waals surface area contributed by atoms with E-state index in [4.69, 9.17) is 32.7 Å². The Morgan fingerprint density at radius 1 is 0.837 bits per heavy atom. The number of halogens is 2. The number of nitrogens with zero attached hydrogens (tertiary/aromatic N) is 2. The molecule has 11 heteroatoms. The Bertz CT molecular complexity index is 1990. The van der Waals surface area contributed by atoms with Gasteiger partial charge in [-0.25, -0.2) is 14.8 Å². The van der Waals surface area contributed by atoms with E-state index < -0.39 is 17.9 Å². The first kappa shape index (κ1) is 28.0. The third-order valence-electron chi connectivity index (χ3n) is 6.87.